The third-order valence-electron chi connectivity index (χ3n) is 4.48. The molecular formula is C20H33N5O. The molecule has 6 heteroatoms. The fourth-order valence-electron chi connectivity index (χ4n) is 2.93. The molecule has 1 unspecified atom stereocenters. The highest BCUT2D eigenvalue weighted by Gasteiger charge is 2.23. The molecule has 0 bridgehead atoms. The van der Waals surface area contributed by atoms with Gasteiger partial charge in [-0.15, -0.1) is 0 Å². The van der Waals surface area contributed by atoms with Crippen LogP contribution in [0.3, 0.4) is 0 Å². The van der Waals surface area contributed by atoms with Crippen LogP contribution in [0.5, 0.6) is 0 Å². The van der Waals surface area contributed by atoms with Crippen molar-refractivity contribution in [2.45, 2.75) is 40.2 Å². The number of hydrogen-bond acceptors (Lipinski definition) is 3. The van der Waals surface area contributed by atoms with Gasteiger partial charge < -0.3 is 20.9 Å². The molecule has 1 heterocycles. The van der Waals surface area contributed by atoms with E-state index >= 15 is 0 Å². The van der Waals surface area contributed by atoms with Crippen LogP contribution in [-0.4, -0.2) is 50.6 Å². The molecule has 1 aromatic carbocycles. The van der Waals surface area contributed by atoms with Crippen LogP contribution in [0.15, 0.2) is 29.3 Å². The van der Waals surface area contributed by atoms with Gasteiger partial charge in [0.2, 0.25) is 5.91 Å². The second-order valence-electron chi connectivity index (χ2n) is 7.12. The van der Waals surface area contributed by atoms with Crippen molar-refractivity contribution in [3.8, 4) is 0 Å². The number of nitrogens with one attached hydrogen (secondary N) is 3. The molecule has 1 atom stereocenters. The Morgan fingerprint density at radius 2 is 2.00 bits per heavy atom. The van der Waals surface area contributed by atoms with Gasteiger partial charge in [-0.25, -0.2) is 0 Å². The molecule has 144 valence electrons. The van der Waals surface area contributed by atoms with Crippen molar-refractivity contribution < 1.29 is 4.79 Å². The lowest BCUT2D eigenvalue weighted by molar-refractivity contribution is -0.123. The predicted octanol–water partition coefficient (Wildman–Crippen LogP) is 1.90. The van der Waals surface area contributed by atoms with Gasteiger partial charge in [0.25, 0.3) is 0 Å². The monoisotopic (exact) mass is 359 g/mol. The van der Waals surface area contributed by atoms with Crippen LogP contribution in [0.2, 0.25) is 0 Å². The van der Waals surface area contributed by atoms with Crippen LogP contribution in [0.25, 0.3) is 0 Å². The summed E-state index contributed by atoms with van der Waals surface area (Å²) in [4.78, 5) is 18.6. The summed E-state index contributed by atoms with van der Waals surface area (Å²) in [7, 11) is 0. The summed E-state index contributed by atoms with van der Waals surface area (Å²) in [6, 6.07) is 9.07. The van der Waals surface area contributed by atoms with Gasteiger partial charge in [0.05, 0.1) is 6.54 Å². The Morgan fingerprint density at radius 3 is 2.65 bits per heavy atom. The molecular weight excluding hydrogens is 326 g/mol. The first-order valence-corrected chi connectivity index (χ1v) is 9.63. The average molecular weight is 360 g/mol. The Kier molecular flexibility index (Phi) is 7.75. The minimum Gasteiger partial charge on any atom is -0.369 e. The molecule has 2 rings (SSSR count). The number of nitrogens with zero attached hydrogens (tertiary/aromatic N) is 2. The highest BCUT2D eigenvalue weighted by molar-refractivity contribution is 5.80. The number of amides is 1. The zero-order chi connectivity index (χ0) is 18.9. The topological polar surface area (TPSA) is 68.8 Å². The molecule has 1 saturated heterocycles. The Bertz CT molecular complexity index is 597. The van der Waals surface area contributed by atoms with Gasteiger partial charge in [-0.3, -0.25) is 9.79 Å². The minimum atomic E-state index is 0.0107. The van der Waals surface area contributed by atoms with E-state index in [-0.39, 0.29) is 11.8 Å². The van der Waals surface area contributed by atoms with E-state index in [1.165, 1.54) is 11.3 Å². The molecule has 6 nitrogen and oxygen atoms in total. The third kappa shape index (κ3) is 6.24. The molecule has 3 N–H and O–H groups in total. The second-order valence-corrected chi connectivity index (χ2v) is 7.12. The Balaban J connectivity index is 1.82. The zero-order valence-electron chi connectivity index (χ0n) is 16.5. The molecule has 1 fully saturated rings. The highest BCUT2D eigenvalue weighted by Crippen LogP contribution is 2.20. The lowest BCUT2D eigenvalue weighted by atomic mass is 10.2. The molecule has 0 spiro atoms. The van der Waals surface area contributed by atoms with Gasteiger partial charge in [-0.2, -0.15) is 0 Å². The molecule has 0 saturated carbocycles. The van der Waals surface area contributed by atoms with E-state index in [0.29, 0.717) is 19.1 Å². The van der Waals surface area contributed by atoms with Crippen LogP contribution in [0, 0.1) is 12.8 Å². The Hall–Kier alpha value is -2.24. The van der Waals surface area contributed by atoms with E-state index in [1.54, 1.807) is 0 Å². The summed E-state index contributed by atoms with van der Waals surface area (Å²) in [5.41, 5.74) is 2.56. The smallest absolute Gasteiger partial charge is 0.222 e. The van der Waals surface area contributed by atoms with Crippen molar-refractivity contribution in [2.75, 3.05) is 37.6 Å². The second kappa shape index (κ2) is 10.0. The molecule has 0 aromatic heterocycles. The lowest BCUT2D eigenvalue weighted by Crippen LogP contribution is -2.45. The number of carbonyl (C=O) groups is 1. The maximum atomic E-state index is 11.6. The van der Waals surface area contributed by atoms with Crippen molar-refractivity contribution in [1.82, 2.24) is 16.0 Å². The molecule has 1 aromatic rings. The number of carbonyl (C=O) groups excluding carboxylic acids is 1. The number of rotatable bonds is 7. The van der Waals surface area contributed by atoms with Gasteiger partial charge in [0, 0.05) is 43.8 Å². The van der Waals surface area contributed by atoms with Crippen LogP contribution < -0.4 is 20.9 Å². The molecule has 1 aliphatic rings. The summed E-state index contributed by atoms with van der Waals surface area (Å²) in [5.74, 6) is 0.904. The number of aryl methyl sites for hydroxylation is 1. The summed E-state index contributed by atoms with van der Waals surface area (Å²) in [6.45, 7) is 11.9. The Labute approximate surface area is 157 Å². The first-order chi connectivity index (χ1) is 12.5. The summed E-state index contributed by atoms with van der Waals surface area (Å²) in [5, 5.41) is 9.71. The SMILES string of the molecule is CCNC(=NCCNC(=O)C(C)C)NC1CCN(c2ccc(C)cc2)C1. The van der Waals surface area contributed by atoms with Crippen molar-refractivity contribution in [3.05, 3.63) is 29.8 Å². The molecule has 1 amide bonds. The summed E-state index contributed by atoms with van der Waals surface area (Å²) in [6.07, 6.45) is 1.09. The maximum Gasteiger partial charge on any atom is 0.222 e. The zero-order valence-corrected chi connectivity index (χ0v) is 16.5. The number of benzene rings is 1. The first-order valence-electron chi connectivity index (χ1n) is 9.63. The van der Waals surface area contributed by atoms with E-state index in [4.69, 9.17) is 0 Å². The van der Waals surface area contributed by atoms with E-state index in [1.807, 2.05) is 13.8 Å². The predicted molar refractivity (Wildman–Crippen MR) is 109 cm³/mol. The van der Waals surface area contributed by atoms with E-state index < -0.39 is 0 Å². The molecule has 0 aliphatic carbocycles. The van der Waals surface area contributed by atoms with Gasteiger partial charge in [-0.05, 0) is 32.4 Å². The maximum absolute atomic E-state index is 11.6. The van der Waals surface area contributed by atoms with Crippen molar-refractivity contribution in [2.24, 2.45) is 10.9 Å². The lowest BCUT2D eigenvalue weighted by Gasteiger charge is -2.20. The van der Waals surface area contributed by atoms with E-state index in [0.717, 1.165) is 32.0 Å². The third-order valence-corrected chi connectivity index (χ3v) is 4.48. The van der Waals surface area contributed by atoms with Crippen LogP contribution in [0.4, 0.5) is 5.69 Å². The largest absolute Gasteiger partial charge is 0.369 e. The highest BCUT2D eigenvalue weighted by atomic mass is 16.1. The van der Waals surface area contributed by atoms with Crippen molar-refractivity contribution in [1.29, 1.82) is 0 Å². The van der Waals surface area contributed by atoms with Crippen LogP contribution in [0.1, 0.15) is 32.8 Å². The van der Waals surface area contributed by atoms with Gasteiger partial charge in [0.15, 0.2) is 5.96 Å². The molecule has 1 aliphatic heterocycles. The van der Waals surface area contributed by atoms with Crippen molar-refractivity contribution in [3.63, 3.8) is 0 Å². The van der Waals surface area contributed by atoms with E-state index in [9.17, 15) is 4.79 Å². The van der Waals surface area contributed by atoms with Crippen LogP contribution >= 0.6 is 0 Å². The summed E-state index contributed by atoms with van der Waals surface area (Å²) < 4.78 is 0. The summed E-state index contributed by atoms with van der Waals surface area (Å²) >= 11 is 0. The fraction of sp³-hybridized carbons (Fsp3) is 0.600. The van der Waals surface area contributed by atoms with Crippen LogP contribution in [-0.2, 0) is 4.79 Å². The minimum absolute atomic E-state index is 0.0107. The quantitative estimate of drug-likeness (QED) is 0.395. The Morgan fingerprint density at radius 1 is 1.27 bits per heavy atom. The number of aliphatic imine (C=N–C) groups is 1. The van der Waals surface area contributed by atoms with Gasteiger partial charge in [0.1, 0.15) is 0 Å². The van der Waals surface area contributed by atoms with Gasteiger partial charge >= 0.3 is 0 Å². The van der Waals surface area contributed by atoms with Gasteiger partial charge in [-0.1, -0.05) is 31.5 Å². The fourth-order valence-corrected chi connectivity index (χ4v) is 2.93. The molecule has 26 heavy (non-hydrogen) atoms. The first kappa shape index (κ1) is 20.1. The number of hydrogen-bond donors (Lipinski definition) is 3. The number of anilines is 1. The van der Waals surface area contributed by atoms with Crippen molar-refractivity contribution >= 4 is 17.6 Å². The molecule has 0 radical (unpaired) electrons. The number of guanidine groups is 1. The standard InChI is InChI=1S/C20H33N5O/c1-5-21-20(23-12-11-22-19(26)15(2)3)24-17-10-13-25(14-17)18-8-6-16(4)7-9-18/h6-9,15,17H,5,10-14H2,1-4H3,(H,22,26)(H2,21,23,24). The average Bonchev–Trinajstić information content (AvgIpc) is 3.07. The van der Waals surface area contributed by atoms with E-state index in [2.05, 4.69) is 64.0 Å². The normalized spacial score (nSPS) is 17.5.